The Hall–Kier alpha value is -0.0400. The maximum absolute atomic E-state index is 3.52. The van der Waals surface area contributed by atoms with Gasteiger partial charge in [-0.3, -0.25) is 0 Å². The van der Waals surface area contributed by atoms with Crippen LogP contribution < -0.4 is 5.32 Å². The third kappa shape index (κ3) is 1.39. The molecule has 1 heterocycles. The lowest BCUT2D eigenvalue weighted by Gasteiger charge is -2.47. The Balaban J connectivity index is 2.09. The zero-order valence-electron chi connectivity index (χ0n) is 8.40. The summed E-state index contributed by atoms with van der Waals surface area (Å²) in [5.74, 6) is 2.00. The number of nitrogens with one attached hydrogen (secondary N) is 1. The van der Waals surface area contributed by atoms with Crippen LogP contribution in [-0.2, 0) is 0 Å². The number of fused-ring (bicyclic) bond motifs is 1. The lowest BCUT2D eigenvalue weighted by atomic mass is 9.61. The van der Waals surface area contributed by atoms with E-state index in [1.54, 1.807) is 0 Å². The molecule has 2 aliphatic rings. The smallest absolute Gasteiger partial charge is 0.00177 e. The maximum atomic E-state index is 3.52. The van der Waals surface area contributed by atoms with Crippen molar-refractivity contribution in [2.75, 3.05) is 13.1 Å². The highest BCUT2D eigenvalue weighted by Crippen LogP contribution is 2.46. The van der Waals surface area contributed by atoms with Gasteiger partial charge in [-0.1, -0.05) is 20.3 Å². The average Bonchev–Trinajstić information content (AvgIpc) is 2.04. The van der Waals surface area contributed by atoms with Gasteiger partial charge in [0.25, 0.3) is 0 Å². The lowest BCUT2D eigenvalue weighted by molar-refractivity contribution is 0.0493. The summed E-state index contributed by atoms with van der Waals surface area (Å²) in [6, 6.07) is 0. The second-order valence-electron chi connectivity index (χ2n) is 5.24. The van der Waals surface area contributed by atoms with Gasteiger partial charge in [-0.25, -0.2) is 0 Å². The zero-order chi connectivity index (χ0) is 8.60. The minimum Gasteiger partial charge on any atom is -0.316 e. The first kappa shape index (κ1) is 8.55. The van der Waals surface area contributed by atoms with E-state index in [2.05, 4.69) is 19.2 Å². The fraction of sp³-hybridized carbons (Fsp3) is 1.00. The average molecular weight is 167 g/mol. The van der Waals surface area contributed by atoms with Gasteiger partial charge in [-0.15, -0.1) is 0 Å². The third-order valence-corrected chi connectivity index (χ3v) is 4.01. The van der Waals surface area contributed by atoms with E-state index in [-0.39, 0.29) is 0 Å². The van der Waals surface area contributed by atoms with Crippen molar-refractivity contribution in [2.24, 2.45) is 17.3 Å². The molecule has 2 fully saturated rings. The summed E-state index contributed by atoms with van der Waals surface area (Å²) in [6.45, 7) is 7.48. The Morgan fingerprint density at radius 3 is 2.83 bits per heavy atom. The van der Waals surface area contributed by atoms with Crippen LogP contribution in [0.25, 0.3) is 0 Å². The lowest BCUT2D eigenvalue weighted by Crippen LogP contribution is -2.45. The van der Waals surface area contributed by atoms with Crippen LogP contribution >= 0.6 is 0 Å². The van der Waals surface area contributed by atoms with Gasteiger partial charge in [0.15, 0.2) is 0 Å². The molecule has 1 heteroatoms. The van der Waals surface area contributed by atoms with Gasteiger partial charge in [0, 0.05) is 0 Å². The molecule has 0 aromatic carbocycles. The molecule has 1 saturated carbocycles. The molecule has 70 valence electrons. The Bertz CT molecular complexity index is 160. The summed E-state index contributed by atoms with van der Waals surface area (Å²) in [5.41, 5.74) is 0.630. The Morgan fingerprint density at radius 2 is 2.08 bits per heavy atom. The molecule has 1 nitrogen and oxygen atoms in total. The molecule has 1 saturated heterocycles. The van der Waals surface area contributed by atoms with Crippen molar-refractivity contribution in [1.82, 2.24) is 5.32 Å². The van der Waals surface area contributed by atoms with Crippen molar-refractivity contribution in [3.63, 3.8) is 0 Å². The predicted octanol–water partition coefficient (Wildman–Crippen LogP) is 2.42. The second-order valence-corrected chi connectivity index (χ2v) is 5.24. The molecule has 0 unspecified atom stereocenters. The van der Waals surface area contributed by atoms with Crippen LogP contribution in [0.4, 0.5) is 0 Å². The summed E-state index contributed by atoms with van der Waals surface area (Å²) in [7, 11) is 0. The third-order valence-electron chi connectivity index (χ3n) is 4.01. The SMILES string of the molecule is CC1(C)CCC[C@@H]2CNCC[C@H]21. The molecule has 1 N–H and O–H groups in total. The van der Waals surface area contributed by atoms with E-state index >= 15 is 0 Å². The summed E-state index contributed by atoms with van der Waals surface area (Å²) < 4.78 is 0. The summed E-state index contributed by atoms with van der Waals surface area (Å²) in [5, 5.41) is 3.52. The van der Waals surface area contributed by atoms with Gasteiger partial charge in [-0.05, 0) is 49.6 Å². The number of hydrogen-bond donors (Lipinski definition) is 1. The van der Waals surface area contributed by atoms with E-state index in [4.69, 9.17) is 0 Å². The van der Waals surface area contributed by atoms with Gasteiger partial charge >= 0.3 is 0 Å². The Morgan fingerprint density at radius 1 is 1.25 bits per heavy atom. The molecule has 1 aliphatic carbocycles. The normalized spacial score (nSPS) is 40.5. The van der Waals surface area contributed by atoms with Gasteiger partial charge in [0.2, 0.25) is 0 Å². The number of hydrogen-bond acceptors (Lipinski definition) is 1. The molecule has 0 bridgehead atoms. The van der Waals surface area contributed by atoms with Crippen LogP contribution in [0, 0.1) is 17.3 Å². The maximum Gasteiger partial charge on any atom is -0.00177 e. The van der Waals surface area contributed by atoms with Crippen molar-refractivity contribution < 1.29 is 0 Å². The van der Waals surface area contributed by atoms with Gasteiger partial charge in [0.1, 0.15) is 0 Å². The molecule has 2 atom stereocenters. The minimum atomic E-state index is 0.630. The van der Waals surface area contributed by atoms with Crippen LogP contribution in [0.2, 0.25) is 0 Å². The zero-order valence-corrected chi connectivity index (χ0v) is 8.40. The van der Waals surface area contributed by atoms with E-state index in [0.29, 0.717) is 5.41 Å². The van der Waals surface area contributed by atoms with Crippen molar-refractivity contribution in [3.8, 4) is 0 Å². The largest absolute Gasteiger partial charge is 0.316 e. The van der Waals surface area contributed by atoms with Crippen molar-refractivity contribution >= 4 is 0 Å². The molecule has 0 radical (unpaired) electrons. The van der Waals surface area contributed by atoms with E-state index in [0.717, 1.165) is 11.8 Å². The molecule has 0 spiro atoms. The molecule has 0 aromatic rings. The summed E-state index contributed by atoms with van der Waals surface area (Å²) in [4.78, 5) is 0. The minimum absolute atomic E-state index is 0.630. The van der Waals surface area contributed by atoms with Crippen LogP contribution in [0.5, 0.6) is 0 Å². The Labute approximate surface area is 75.9 Å². The highest BCUT2D eigenvalue weighted by molar-refractivity contribution is 4.91. The quantitative estimate of drug-likeness (QED) is 0.584. The van der Waals surface area contributed by atoms with Gasteiger partial charge < -0.3 is 5.32 Å². The van der Waals surface area contributed by atoms with E-state index in [1.807, 2.05) is 0 Å². The van der Waals surface area contributed by atoms with Crippen molar-refractivity contribution in [3.05, 3.63) is 0 Å². The van der Waals surface area contributed by atoms with Crippen LogP contribution in [-0.4, -0.2) is 13.1 Å². The highest BCUT2D eigenvalue weighted by atomic mass is 14.9. The summed E-state index contributed by atoms with van der Waals surface area (Å²) >= 11 is 0. The molecular weight excluding hydrogens is 146 g/mol. The topological polar surface area (TPSA) is 12.0 Å². The van der Waals surface area contributed by atoms with E-state index < -0.39 is 0 Å². The molecule has 0 amide bonds. The molecule has 12 heavy (non-hydrogen) atoms. The molecule has 2 rings (SSSR count). The van der Waals surface area contributed by atoms with Gasteiger partial charge in [-0.2, -0.15) is 0 Å². The fourth-order valence-corrected chi connectivity index (χ4v) is 3.26. The monoisotopic (exact) mass is 167 g/mol. The summed E-state index contributed by atoms with van der Waals surface area (Å²) in [6.07, 6.45) is 5.79. The first-order valence-corrected chi connectivity index (χ1v) is 5.41. The van der Waals surface area contributed by atoms with Gasteiger partial charge in [0.05, 0.1) is 0 Å². The van der Waals surface area contributed by atoms with E-state index in [1.165, 1.54) is 38.8 Å². The first-order valence-electron chi connectivity index (χ1n) is 5.41. The molecule has 0 aromatic heterocycles. The number of rotatable bonds is 0. The molecule has 1 aliphatic heterocycles. The fourth-order valence-electron chi connectivity index (χ4n) is 3.26. The molecular formula is C11H21N. The van der Waals surface area contributed by atoms with E-state index in [9.17, 15) is 0 Å². The highest BCUT2D eigenvalue weighted by Gasteiger charge is 2.39. The van der Waals surface area contributed by atoms with Crippen LogP contribution in [0.1, 0.15) is 39.5 Å². The van der Waals surface area contributed by atoms with Crippen molar-refractivity contribution in [2.45, 2.75) is 39.5 Å². The Kier molecular flexibility index (Phi) is 2.16. The number of piperidine rings is 1. The standard InChI is InChI=1S/C11H21N/c1-11(2)6-3-4-9-8-12-7-5-10(9)11/h9-10,12H,3-8H2,1-2H3/t9-,10-/m1/s1. The van der Waals surface area contributed by atoms with Crippen LogP contribution in [0.3, 0.4) is 0 Å². The van der Waals surface area contributed by atoms with Crippen molar-refractivity contribution in [1.29, 1.82) is 0 Å². The first-order chi connectivity index (χ1) is 5.70. The predicted molar refractivity (Wildman–Crippen MR) is 52.1 cm³/mol. The van der Waals surface area contributed by atoms with Crippen LogP contribution in [0.15, 0.2) is 0 Å². The second kappa shape index (κ2) is 3.02.